The third-order valence-electron chi connectivity index (χ3n) is 3.15. The first-order chi connectivity index (χ1) is 13.2. The van der Waals surface area contributed by atoms with Crippen molar-refractivity contribution in [1.29, 1.82) is 0 Å². The van der Waals surface area contributed by atoms with Crippen LogP contribution in [0, 0.1) is 0 Å². The Morgan fingerprint density at radius 3 is 2.57 bits per heavy atom. The van der Waals surface area contributed by atoms with Crippen molar-refractivity contribution >= 4 is 29.4 Å². The van der Waals surface area contributed by atoms with Crippen LogP contribution in [0.25, 0.3) is 0 Å². The molecule has 4 N–H and O–H groups in total. The second kappa shape index (κ2) is 8.94. The van der Waals surface area contributed by atoms with Crippen LogP contribution in [-0.2, 0) is 9.47 Å². The maximum atomic E-state index is 11.9. The van der Waals surface area contributed by atoms with Crippen LogP contribution in [0.15, 0.2) is 36.5 Å². The maximum Gasteiger partial charge on any atom is 0.412 e. The fourth-order valence-electron chi connectivity index (χ4n) is 2.13. The molecule has 0 saturated heterocycles. The van der Waals surface area contributed by atoms with Gasteiger partial charge < -0.3 is 19.9 Å². The van der Waals surface area contributed by atoms with Crippen molar-refractivity contribution in [3.8, 4) is 11.5 Å². The van der Waals surface area contributed by atoms with E-state index in [1.54, 1.807) is 58.0 Å². The summed E-state index contributed by atoms with van der Waals surface area (Å²) in [4.78, 5) is 27.6. The number of carbonyl (C=O) groups excluding carboxylic acids is 2. The fourth-order valence-corrected chi connectivity index (χ4v) is 2.13. The van der Waals surface area contributed by atoms with Crippen LogP contribution in [0.3, 0.4) is 0 Å². The highest BCUT2D eigenvalue weighted by Crippen LogP contribution is 2.33. The van der Waals surface area contributed by atoms with E-state index in [-0.39, 0.29) is 23.9 Å². The number of nitrogen functional groups attached to an aromatic ring is 1. The number of hydrogen-bond acceptors (Lipinski definition) is 7. The van der Waals surface area contributed by atoms with Crippen LogP contribution in [0.1, 0.15) is 27.7 Å². The first-order valence-electron chi connectivity index (χ1n) is 8.64. The highest BCUT2D eigenvalue weighted by Gasteiger charge is 2.17. The topological polar surface area (TPSA) is 125 Å². The van der Waals surface area contributed by atoms with E-state index in [1.165, 1.54) is 6.20 Å². The predicted molar refractivity (Wildman–Crippen MR) is 106 cm³/mol. The summed E-state index contributed by atoms with van der Waals surface area (Å²) in [6, 6.07) is 8.23. The molecule has 0 aliphatic heterocycles. The van der Waals surface area contributed by atoms with E-state index >= 15 is 0 Å². The molecule has 0 spiro atoms. The molecular formula is C19H24N4O5. The molecule has 0 unspecified atom stereocenters. The molecule has 0 bridgehead atoms. The summed E-state index contributed by atoms with van der Waals surface area (Å²) in [7, 11) is 0. The molecule has 2 aromatic rings. The van der Waals surface area contributed by atoms with Crippen molar-refractivity contribution < 1.29 is 23.8 Å². The number of pyridine rings is 1. The number of ether oxygens (including phenoxy) is 3. The molecule has 0 saturated carbocycles. The molecule has 2 rings (SSSR count). The van der Waals surface area contributed by atoms with Gasteiger partial charge in [0.25, 0.3) is 0 Å². The standard InChI is InChI=1S/C19H24N4O5/c1-5-26-17(24)23-15-14(9-10-21-16(15)20)27-13-8-6-7-12(11-13)22-18(25)28-19(2,3)4/h6-11H,5H2,1-4H3,(H2,20,21)(H,22,25)(H,23,24). The molecule has 0 aliphatic carbocycles. The van der Waals surface area contributed by atoms with Crippen molar-refractivity contribution in [2.75, 3.05) is 23.0 Å². The Bertz CT molecular complexity index is 848. The van der Waals surface area contributed by atoms with Crippen molar-refractivity contribution in [2.24, 2.45) is 0 Å². The van der Waals surface area contributed by atoms with Crippen LogP contribution in [-0.4, -0.2) is 29.4 Å². The van der Waals surface area contributed by atoms with Gasteiger partial charge >= 0.3 is 12.2 Å². The number of carbonyl (C=O) groups is 2. The molecule has 0 aliphatic rings. The molecule has 28 heavy (non-hydrogen) atoms. The molecule has 9 heteroatoms. The van der Waals surface area contributed by atoms with Crippen LogP contribution >= 0.6 is 0 Å². The second-order valence-corrected chi connectivity index (χ2v) is 6.67. The molecule has 1 aromatic carbocycles. The zero-order valence-corrected chi connectivity index (χ0v) is 16.2. The van der Waals surface area contributed by atoms with Gasteiger partial charge in [-0.2, -0.15) is 0 Å². The SMILES string of the molecule is CCOC(=O)Nc1c(Oc2cccc(NC(=O)OC(C)(C)C)c2)ccnc1N. The van der Waals surface area contributed by atoms with E-state index in [2.05, 4.69) is 15.6 Å². The van der Waals surface area contributed by atoms with Gasteiger partial charge in [0, 0.05) is 24.0 Å². The van der Waals surface area contributed by atoms with E-state index in [0.717, 1.165) is 0 Å². The molecule has 0 radical (unpaired) electrons. The quantitative estimate of drug-likeness (QED) is 0.694. The van der Waals surface area contributed by atoms with Gasteiger partial charge in [-0.15, -0.1) is 0 Å². The summed E-state index contributed by atoms with van der Waals surface area (Å²) in [5, 5.41) is 5.14. The van der Waals surface area contributed by atoms with E-state index in [4.69, 9.17) is 19.9 Å². The molecule has 0 atom stereocenters. The first kappa shape index (κ1) is 20.8. The number of rotatable bonds is 5. The number of anilines is 3. The number of nitrogens with two attached hydrogens (primary N) is 1. The Hall–Kier alpha value is -3.49. The monoisotopic (exact) mass is 388 g/mol. The predicted octanol–water partition coefficient (Wildman–Crippen LogP) is 4.37. The van der Waals surface area contributed by atoms with Gasteiger partial charge in [-0.1, -0.05) is 6.07 Å². The van der Waals surface area contributed by atoms with Gasteiger partial charge in [0.15, 0.2) is 11.6 Å². The highest BCUT2D eigenvalue weighted by molar-refractivity contribution is 5.90. The average molecular weight is 388 g/mol. The van der Waals surface area contributed by atoms with E-state index < -0.39 is 17.8 Å². The number of hydrogen-bond donors (Lipinski definition) is 3. The maximum absolute atomic E-state index is 11.9. The summed E-state index contributed by atoms with van der Waals surface area (Å²) >= 11 is 0. The Labute approximate surface area is 163 Å². The summed E-state index contributed by atoms with van der Waals surface area (Å²) in [5.41, 5.74) is 5.90. The minimum atomic E-state index is -0.674. The minimum absolute atomic E-state index is 0.0774. The number of amides is 2. The van der Waals surface area contributed by atoms with Gasteiger partial charge in [-0.05, 0) is 39.8 Å². The van der Waals surface area contributed by atoms with Crippen LogP contribution in [0.5, 0.6) is 11.5 Å². The van der Waals surface area contributed by atoms with Crippen molar-refractivity contribution in [3.63, 3.8) is 0 Å². The van der Waals surface area contributed by atoms with Gasteiger partial charge in [-0.25, -0.2) is 14.6 Å². The first-order valence-corrected chi connectivity index (χ1v) is 8.64. The number of aromatic nitrogens is 1. The lowest BCUT2D eigenvalue weighted by atomic mass is 10.2. The van der Waals surface area contributed by atoms with Gasteiger partial charge in [0.2, 0.25) is 0 Å². The molecule has 9 nitrogen and oxygen atoms in total. The molecular weight excluding hydrogens is 364 g/mol. The van der Waals surface area contributed by atoms with Crippen molar-refractivity contribution in [2.45, 2.75) is 33.3 Å². The van der Waals surface area contributed by atoms with E-state index in [9.17, 15) is 9.59 Å². The van der Waals surface area contributed by atoms with E-state index in [1.807, 2.05) is 0 Å². The molecule has 2 amide bonds. The van der Waals surface area contributed by atoms with Crippen LogP contribution < -0.4 is 21.1 Å². The Morgan fingerprint density at radius 1 is 1.14 bits per heavy atom. The number of nitrogens with zero attached hydrogens (tertiary/aromatic N) is 1. The largest absolute Gasteiger partial charge is 0.455 e. The summed E-state index contributed by atoms with van der Waals surface area (Å²) in [5.74, 6) is 0.759. The van der Waals surface area contributed by atoms with Crippen molar-refractivity contribution in [3.05, 3.63) is 36.5 Å². The zero-order chi connectivity index (χ0) is 20.7. The van der Waals surface area contributed by atoms with Gasteiger partial charge in [0.05, 0.1) is 6.61 Å². The fraction of sp³-hybridized carbons (Fsp3) is 0.316. The second-order valence-electron chi connectivity index (χ2n) is 6.67. The lowest BCUT2D eigenvalue weighted by Gasteiger charge is -2.20. The van der Waals surface area contributed by atoms with Gasteiger partial charge in [0.1, 0.15) is 17.0 Å². The number of nitrogens with one attached hydrogen (secondary N) is 2. The highest BCUT2D eigenvalue weighted by atomic mass is 16.6. The smallest absolute Gasteiger partial charge is 0.412 e. The Kier molecular flexibility index (Phi) is 6.64. The lowest BCUT2D eigenvalue weighted by molar-refractivity contribution is 0.0636. The molecule has 1 aromatic heterocycles. The summed E-state index contributed by atoms with van der Waals surface area (Å²) in [6.07, 6.45) is 0.193. The number of benzene rings is 1. The van der Waals surface area contributed by atoms with Gasteiger partial charge in [-0.3, -0.25) is 10.6 Å². The molecule has 150 valence electrons. The van der Waals surface area contributed by atoms with Crippen molar-refractivity contribution in [1.82, 2.24) is 4.98 Å². The van der Waals surface area contributed by atoms with E-state index in [0.29, 0.717) is 11.4 Å². The van der Waals surface area contributed by atoms with Crippen LogP contribution in [0.2, 0.25) is 0 Å². The average Bonchev–Trinajstić information content (AvgIpc) is 2.57. The third kappa shape index (κ3) is 6.35. The normalized spacial score (nSPS) is 10.7. The summed E-state index contributed by atoms with van der Waals surface area (Å²) in [6.45, 7) is 7.22. The lowest BCUT2D eigenvalue weighted by Crippen LogP contribution is -2.27. The molecule has 1 heterocycles. The van der Waals surface area contributed by atoms with Crippen LogP contribution in [0.4, 0.5) is 26.8 Å². The Morgan fingerprint density at radius 2 is 1.89 bits per heavy atom. The minimum Gasteiger partial charge on any atom is -0.455 e. The zero-order valence-electron chi connectivity index (χ0n) is 16.2. The Balaban J connectivity index is 2.17. The summed E-state index contributed by atoms with van der Waals surface area (Å²) < 4.78 is 15.9. The molecule has 0 fully saturated rings. The third-order valence-corrected chi connectivity index (χ3v) is 3.15.